The molecule has 1 fully saturated rings. The molecule has 0 saturated carbocycles. The SMILES string of the molecule is CCNC(=NCc1ccccc1COC)NC1CCN(c2ccccc2OC(F)F)C1. The first-order chi connectivity index (χ1) is 15.1. The molecule has 2 aromatic carbocycles. The summed E-state index contributed by atoms with van der Waals surface area (Å²) in [5, 5.41) is 6.76. The number of ether oxygens (including phenoxy) is 2. The molecular weight excluding hydrogens is 402 g/mol. The van der Waals surface area contributed by atoms with Crippen LogP contribution in [0.1, 0.15) is 24.5 Å². The summed E-state index contributed by atoms with van der Waals surface area (Å²) in [5.41, 5.74) is 2.92. The summed E-state index contributed by atoms with van der Waals surface area (Å²) in [6, 6.07) is 15.2. The van der Waals surface area contributed by atoms with Gasteiger partial charge in [-0.25, -0.2) is 4.99 Å². The van der Waals surface area contributed by atoms with E-state index in [9.17, 15) is 8.78 Å². The maximum Gasteiger partial charge on any atom is 0.387 e. The Balaban J connectivity index is 1.65. The van der Waals surface area contributed by atoms with Crippen LogP contribution in [0.25, 0.3) is 0 Å². The lowest BCUT2D eigenvalue weighted by Gasteiger charge is -2.22. The molecule has 3 rings (SSSR count). The van der Waals surface area contributed by atoms with Crippen molar-refractivity contribution in [2.45, 2.75) is 39.1 Å². The van der Waals surface area contributed by atoms with Crippen molar-refractivity contribution in [3.05, 3.63) is 59.7 Å². The summed E-state index contributed by atoms with van der Waals surface area (Å²) in [6.45, 7) is 2.43. The van der Waals surface area contributed by atoms with E-state index in [1.54, 1.807) is 19.2 Å². The molecule has 0 aromatic heterocycles. The summed E-state index contributed by atoms with van der Waals surface area (Å²) in [5.74, 6) is 0.937. The second kappa shape index (κ2) is 11.5. The number of hydrogen-bond acceptors (Lipinski definition) is 4. The zero-order chi connectivity index (χ0) is 22.1. The lowest BCUT2D eigenvalue weighted by Crippen LogP contribution is -2.44. The molecular formula is C23H30F2N4O2. The third kappa shape index (κ3) is 6.55. The molecule has 31 heavy (non-hydrogen) atoms. The zero-order valence-corrected chi connectivity index (χ0v) is 18.0. The highest BCUT2D eigenvalue weighted by Crippen LogP contribution is 2.31. The van der Waals surface area contributed by atoms with Crippen LogP contribution in [0.4, 0.5) is 14.5 Å². The number of nitrogens with zero attached hydrogens (tertiary/aromatic N) is 2. The molecule has 1 saturated heterocycles. The van der Waals surface area contributed by atoms with Crippen LogP contribution in [0.2, 0.25) is 0 Å². The number of guanidine groups is 1. The van der Waals surface area contributed by atoms with E-state index in [4.69, 9.17) is 9.73 Å². The first kappa shape index (κ1) is 22.8. The van der Waals surface area contributed by atoms with Crippen molar-refractivity contribution in [3.63, 3.8) is 0 Å². The van der Waals surface area contributed by atoms with Gasteiger partial charge in [0, 0.05) is 32.8 Å². The van der Waals surface area contributed by atoms with Crippen LogP contribution >= 0.6 is 0 Å². The normalized spacial score (nSPS) is 16.6. The number of rotatable bonds is 9. The first-order valence-corrected chi connectivity index (χ1v) is 10.5. The van der Waals surface area contributed by atoms with E-state index in [0.29, 0.717) is 25.4 Å². The zero-order valence-electron chi connectivity index (χ0n) is 18.0. The lowest BCUT2D eigenvalue weighted by atomic mass is 10.1. The van der Waals surface area contributed by atoms with Gasteiger partial charge in [0.1, 0.15) is 5.75 Å². The molecule has 0 radical (unpaired) electrons. The topological polar surface area (TPSA) is 58.1 Å². The monoisotopic (exact) mass is 432 g/mol. The van der Waals surface area contributed by atoms with Crippen LogP contribution in [-0.2, 0) is 17.9 Å². The van der Waals surface area contributed by atoms with Crippen molar-refractivity contribution in [2.75, 3.05) is 31.6 Å². The molecule has 0 bridgehead atoms. The number of halogens is 2. The number of hydrogen-bond donors (Lipinski definition) is 2. The highest BCUT2D eigenvalue weighted by Gasteiger charge is 2.26. The smallest absolute Gasteiger partial charge is 0.387 e. The fourth-order valence-corrected chi connectivity index (χ4v) is 3.70. The van der Waals surface area contributed by atoms with Gasteiger partial charge in [0.05, 0.1) is 18.8 Å². The molecule has 168 valence electrons. The van der Waals surface area contributed by atoms with Gasteiger partial charge in [-0.3, -0.25) is 0 Å². The summed E-state index contributed by atoms with van der Waals surface area (Å²) in [4.78, 5) is 6.80. The lowest BCUT2D eigenvalue weighted by molar-refractivity contribution is -0.0495. The second-order valence-corrected chi connectivity index (χ2v) is 7.32. The molecule has 1 aliphatic heterocycles. The summed E-state index contributed by atoms with van der Waals surface area (Å²) in [7, 11) is 1.68. The number of methoxy groups -OCH3 is 1. The number of aliphatic imine (C=N–C) groups is 1. The Morgan fingerprint density at radius 2 is 1.90 bits per heavy atom. The van der Waals surface area contributed by atoms with E-state index in [0.717, 1.165) is 36.6 Å². The second-order valence-electron chi connectivity index (χ2n) is 7.32. The van der Waals surface area contributed by atoms with Crippen molar-refractivity contribution >= 4 is 11.6 Å². The van der Waals surface area contributed by atoms with E-state index in [2.05, 4.69) is 26.3 Å². The predicted molar refractivity (Wildman–Crippen MR) is 119 cm³/mol. The number of anilines is 1. The van der Waals surface area contributed by atoms with Gasteiger partial charge in [-0.2, -0.15) is 8.78 Å². The van der Waals surface area contributed by atoms with E-state index in [1.807, 2.05) is 37.3 Å². The van der Waals surface area contributed by atoms with Crippen LogP contribution in [0.3, 0.4) is 0 Å². The Morgan fingerprint density at radius 1 is 1.16 bits per heavy atom. The Bertz CT molecular complexity index is 863. The average molecular weight is 433 g/mol. The van der Waals surface area contributed by atoms with Crippen molar-refractivity contribution in [1.29, 1.82) is 0 Å². The summed E-state index contributed by atoms with van der Waals surface area (Å²) >= 11 is 0. The minimum atomic E-state index is -2.84. The first-order valence-electron chi connectivity index (χ1n) is 10.5. The molecule has 0 aliphatic carbocycles. The van der Waals surface area contributed by atoms with Crippen LogP contribution in [0.15, 0.2) is 53.5 Å². The molecule has 1 heterocycles. The van der Waals surface area contributed by atoms with Gasteiger partial charge in [0.2, 0.25) is 0 Å². The van der Waals surface area contributed by atoms with E-state index in [1.165, 1.54) is 0 Å². The van der Waals surface area contributed by atoms with E-state index in [-0.39, 0.29) is 11.8 Å². The fraction of sp³-hybridized carbons (Fsp3) is 0.435. The van der Waals surface area contributed by atoms with E-state index < -0.39 is 6.61 Å². The Kier molecular flexibility index (Phi) is 8.46. The number of alkyl halides is 2. The van der Waals surface area contributed by atoms with Gasteiger partial charge in [-0.1, -0.05) is 36.4 Å². The highest BCUT2D eigenvalue weighted by molar-refractivity contribution is 5.80. The van der Waals surface area contributed by atoms with Crippen LogP contribution in [0, 0.1) is 0 Å². The summed E-state index contributed by atoms with van der Waals surface area (Å²) < 4.78 is 35.4. The van der Waals surface area contributed by atoms with Crippen molar-refractivity contribution in [1.82, 2.24) is 10.6 Å². The Morgan fingerprint density at radius 3 is 2.65 bits per heavy atom. The van der Waals surface area contributed by atoms with Gasteiger partial charge < -0.3 is 25.0 Å². The van der Waals surface area contributed by atoms with Crippen LogP contribution < -0.4 is 20.3 Å². The van der Waals surface area contributed by atoms with Crippen LogP contribution in [0.5, 0.6) is 5.75 Å². The van der Waals surface area contributed by atoms with Crippen molar-refractivity contribution in [3.8, 4) is 5.75 Å². The molecule has 2 aromatic rings. The van der Waals surface area contributed by atoms with Gasteiger partial charge in [-0.05, 0) is 36.6 Å². The summed E-state index contributed by atoms with van der Waals surface area (Å²) in [6.07, 6.45) is 0.869. The van der Waals surface area contributed by atoms with Gasteiger partial charge in [0.25, 0.3) is 0 Å². The fourth-order valence-electron chi connectivity index (χ4n) is 3.70. The average Bonchev–Trinajstić information content (AvgIpc) is 3.21. The molecule has 1 aliphatic rings. The van der Waals surface area contributed by atoms with Gasteiger partial charge >= 0.3 is 6.61 Å². The predicted octanol–water partition coefficient (Wildman–Crippen LogP) is 3.77. The van der Waals surface area contributed by atoms with Crippen molar-refractivity contribution < 1.29 is 18.3 Å². The minimum Gasteiger partial charge on any atom is -0.433 e. The number of para-hydroxylation sites is 2. The third-order valence-corrected chi connectivity index (χ3v) is 5.12. The Labute approximate surface area is 182 Å². The molecule has 1 atom stereocenters. The minimum absolute atomic E-state index is 0.145. The van der Waals surface area contributed by atoms with Crippen molar-refractivity contribution in [2.24, 2.45) is 4.99 Å². The number of nitrogens with one attached hydrogen (secondary N) is 2. The molecule has 6 nitrogen and oxygen atoms in total. The molecule has 0 spiro atoms. The maximum absolute atomic E-state index is 12.7. The molecule has 8 heteroatoms. The molecule has 1 unspecified atom stereocenters. The highest BCUT2D eigenvalue weighted by atomic mass is 19.3. The molecule has 0 amide bonds. The van der Waals surface area contributed by atoms with Gasteiger partial charge in [0.15, 0.2) is 5.96 Å². The Hall–Kier alpha value is -2.87. The largest absolute Gasteiger partial charge is 0.433 e. The van der Waals surface area contributed by atoms with E-state index >= 15 is 0 Å². The molecule has 2 N–H and O–H groups in total. The van der Waals surface area contributed by atoms with Gasteiger partial charge in [-0.15, -0.1) is 0 Å². The number of benzene rings is 2. The third-order valence-electron chi connectivity index (χ3n) is 5.12. The maximum atomic E-state index is 12.7. The van der Waals surface area contributed by atoms with Crippen LogP contribution in [-0.4, -0.2) is 45.4 Å². The quantitative estimate of drug-likeness (QED) is 0.467. The standard InChI is InChI=1S/C23H30F2N4O2/c1-3-26-23(27-14-17-8-4-5-9-18(17)16-30-2)28-19-12-13-29(15-19)20-10-6-7-11-21(20)31-22(24)25/h4-11,19,22H,3,12-16H2,1-2H3,(H2,26,27,28).